The Bertz CT molecular complexity index is 2870. The van der Waals surface area contributed by atoms with Crippen LogP contribution in [-0.2, 0) is 9.47 Å². The number of rotatable bonds is 9. The average Bonchev–Trinajstić information content (AvgIpc) is 3.92. The summed E-state index contributed by atoms with van der Waals surface area (Å²) in [5, 5.41) is 19.9. The summed E-state index contributed by atoms with van der Waals surface area (Å²) in [6, 6.07) is 6.82. The smallest absolute Gasteiger partial charge is 0.259 e. The van der Waals surface area contributed by atoms with Gasteiger partial charge in [0.05, 0.1) is 71.9 Å². The molecule has 0 aromatic carbocycles. The van der Waals surface area contributed by atoms with Crippen LogP contribution in [0.15, 0.2) is 45.8 Å². The highest BCUT2D eigenvalue weighted by Gasteiger charge is 2.34. The second-order valence-corrected chi connectivity index (χ2v) is 18.7. The van der Waals surface area contributed by atoms with E-state index in [1.165, 1.54) is 38.5 Å². The van der Waals surface area contributed by atoms with Crippen molar-refractivity contribution in [2.75, 3.05) is 49.6 Å². The molecule has 2 N–H and O–H groups in total. The lowest BCUT2D eigenvalue weighted by molar-refractivity contribution is -0.0179. The third-order valence-corrected chi connectivity index (χ3v) is 13.8. The third kappa shape index (κ3) is 10.3. The highest BCUT2D eigenvalue weighted by atomic mass is 16.5. The number of ether oxygens (including phenoxy) is 2. The molecule has 6 aromatic rings. The first kappa shape index (κ1) is 47.6. The lowest BCUT2D eigenvalue weighted by Crippen LogP contribution is -2.44. The Balaban J connectivity index is 0.000000166. The number of aromatic nitrogens is 10. The van der Waals surface area contributed by atoms with Crippen LogP contribution in [0.2, 0.25) is 0 Å². The lowest BCUT2D eigenvalue weighted by Gasteiger charge is -2.37. The Morgan fingerprint density at radius 3 is 2.12 bits per heavy atom. The molecule has 0 bridgehead atoms. The van der Waals surface area contributed by atoms with Crippen LogP contribution in [0, 0.1) is 32.1 Å². The molecule has 8 heterocycles. The van der Waals surface area contributed by atoms with Gasteiger partial charge in [0.2, 0.25) is 11.9 Å². The van der Waals surface area contributed by atoms with Gasteiger partial charge in [0.15, 0.2) is 17.1 Å². The zero-order chi connectivity index (χ0) is 48.2. The van der Waals surface area contributed by atoms with Gasteiger partial charge < -0.3 is 29.5 Å². The van der Waals surface area contributed by atoms with Crippen molar-refractivity contribution in [2.24, 2.45) is 10.7 Å². The number of nitrogens with two attached hydrogens (primary N) is 1. The average molecular weight is 936 g/mol. The SMILES string of the molecule is CC.CN=C/C(=C\N)C1CN(c2nc(C3CCCCC3)c3cc(-c4nc(C)no4)c(C)nc3n2)CCO1.Cc1nc2nc(N3CC(C)OC(c4cnn(C5CC5)c4)C3)nc(C3CCC3)c2cc1C#N. The summed E-state index contributed by atoms with van der Waals surface area (Å²) in [6.45, 7) is 15.0. The lowest BCUT2D eigenvalue weighted by atomic mass is 9.81. The zero-order valence-corrected chi connectivity index (χ0v) is 41.1. The maximum Gasteiger partial charge on any atom is 0.259 e. The number of nitriles is 1. The maximum absolute atomic E-state index is 9.48. The summed E-state index contributed by atoms with van der Waals surface area (Å²) in [6.07, 6.45) is 19.0. The van der Waals surface area contributed by atoms with Crippen LogP contribution in [0.3, 0.4) is 0 Å². The Morgan fingerprint density at radius 2 is 1.49 bits per heavy atom. The molecule has 2 aliphatic heterocycles. The molecular weight excluding hydrogens is 871 g/mol. The molecule has 3 aliphatic carbocycles. The minimum atomic E-state index is -0.187. The van der Waals surface area contributed by atoms with E-state index in [4.69, 9.17) is 44.7 Å². The fourth-order valence-corrected chi connectivity index (χ4v) is 9.78. The normalized spacial score (nSPS) is 21.4. The molecule has 18 heteroatoms. The van der Waals surface area contributed by atoms with E-state index in [1.54, 1.807) is 19.5 Å². The molecule has 0 spiro atoms. The van der Waals surface area contributed by atoms with E-state index >= 15 is 0 Å². The summed E-state index contributed by atoms with van der Waals surface area (Å²) >= 11 is 0. The predicted octanol–water partition coefficient (Wildman–Crippen LogP) is 8.48. The molecule has 3 saturated carbocycles. The molecule has 5 aliphatic rings. The molecule has 2 saturated heterocycles. The monoisotopic (exact) mass is 936 g/mol. The quantitative estimate of drug-likeness (QED) is 0.134. The largest absolute Gasteiger partial charge is 0.404 e. The molecule has 6 aromatic heterocycles. The minimum absolute atomic E-state index is 0.0557. The summed E-state index contributed by atoms with van der Waals surface area (Å²) in [5.41, 5.74) is 14.2. The predicted molar refractivity (Wildman–Crippen MR) is 265 cm³/mol. The number of hydrogen-bond acceptors (Lipinski definition) is 17. The highest BCUT2D eigenvalue weighted by molar-refractivity contribution is 5.85. The zero-order valence-electron chi connectivity index (χ0n) is 41.1. The van der Waals surface area contributed by atoms with Crippen LogP contribution in [0.5, 0.6) is 0 Å². The first-order valence-electron chi connectivity index (χ1n) is 24.9. The van der Waals surface area contributed by atoms with Crippen molar-refractivity contribution in [3.8, 4) is 17.5 Å². The van der Waals surface area contributed by atoms with Crippen LogP contribution in [0.1, 0.15) is 149 Å². The topological polar surface area (TPSA) is 221 Å². The molecule has 11 rings (SSSR count). The molecule has 0 radical (unpaired) electrons. The fraction of sp³-hybridized carbons (Fsp3) is 0.549. The van der Waals surface area contributed by atoms with Gasteiger partial charge in [0.1, 0.15) is 18.3 Å². The van der Waals surface area contributed by atoms with Crippen LogP contribution >= 0.6 is 0 Å². The summed E-state index contributed by atoms with van der Waals surface area (Å²) in [5.74, 6) is 3.26. The van der Waals surface area contributed by atoms with Crippen LogP contribution < -0.4 is 15.5 Å². The second-order valence-electron chi connectivity index (χ2n) is 18.7. The van der Waals surface area contributed by atoms with E-state index in [0.29, 0.717) is 90.3 Å². The van der Waals surface area contributed by atoms with Gasteiger partial charge in [-0.3, -0.25) is 9.67 Å². The Kier molecular flexibility index (Phi) is 14.5. The molecule has 0 amide bonds. The van der Waals surface area contributed by atoms with Gasteiger partial charge in [-0.1, -0.05) is 44.7 Å². The number of aryl methyl sites for hydroxylation is 3. The van der Waals surface area contributed by atoms with Crippen molar-refractivity contribution in [1.29, 1.82) is 5.26 Å². The Labute approximate surface area is 403 Å². The van der Waals surface area contributed by atoms with Gasteiger partial charge in [0, 0.05) is 72.5 Å². The molecule has 5 fully saturated rings. The number of pyridine rings is 2. The number of aliphatic imine (C=N–C) groups is 1. The van der Waals surface area contributed by atoms with E-state index < -0.39 is 0 Å². The molecule has 18 nitrogen and oxygen atoms in total. The van der Waals surface area contributed by atoms with Crippen molar-refractivity contribution in [1.82, 2.24) is 49.8 Å². The van der Waals surface area contributed by atoms with E-state index in [9.17, 15) is 5.26 Å². The number of morpholine rings is 2. The van der Waals surface area contributed by atoms with Crippen molar-refractivity contribution < 1.29 is 14.0 Å². The van der Waals surface area contributed by atoms with Crippen molar-refractivity contribution in [2.45, 2.75) is 142 Å². The Hall–Kier alpha value is -6.45. The van der Waals surface area contributed by atoms with E-state index in [2.05, 4.69) is 65.0 Å². The number of anilines is 2. The third-order valence-electron chi connectivity index (χ3n) is 13.8. The molecular formula is C51H65N15O3. The van der Waals surface area contributed by atoms with Gasteiger partial charge in [-0.15, -0.1) is 0 Å². The van der Waals surface area contributed by atoms with Crippen molar-refractivity contribution in [3.05, 3.63) is 76.0 Å². The van der Waals surface area contributed by atoms with E-state index in [-0.39, 0.29) is 18.3 Å². The van der Waals surface area contributed by atoms with Crippen LogP contribution in [0.4, 0.5) is 11.9 Å². The Morgan fingerprint density at radius 1 is 0.812 bits per heavy atom. The molecule has 3 atom stereocenters. The van der Waals surface area contributed by atoms with Gasteiger partial charge in [-0.25, -0.2) is 19.9 Å². The maximum atomic E-state index is 9.48. The summed E-state index contributed by atoms with van der Waals surface area (Å²) < 4.78 is 19.8. The van der Waals surface area contributed by atoms with Crippen molar-refractivity contribution in [3.63, 3.8) is 0 Å². The van der Waals surface area contributed by atoms with Crippen molar-refractivity contribution >= 4 is 40.2 Å². The fourth-order valence-electron chi connectivity index (χ4n) is 9.78. The second kappa shape index (κ2) is 21.0. The number of nitrogens with zero attached hydrogens (tertiary/aromatic N) is 14. The van der Waals surface area contributed by atoms with Gasteiger partial charge >= 0.3 is 0 Å². The standard InChI is InChI=1S/C25H32N8O2.C24H27N7O.C2H6/c1-15-19(24-29-16(2)32-35-24)11-20-22(17-7-5-4-6-8-17)30-25(31-23(20)28-15)33-9-10-34-21(14-33)18(12-26)13-27-3;1-14-11-30(13-21(32-14)18-10-26-31(12-18)19-6-7-19)24-28-22(16-4-3-5-16)20-8-17(9-25)15(2)27-23(20)29-24;1-2/h11-13,17,21H,4-10,14,26H2,1-3H3;8,10,12,14,16,19,21H,3-7,11,13H2,1-2H3;1-2H3/b18-12+,27-13?;;. The molecule has 362 valence electrons. The van der Waals surface area contributed by atoms with Gasteiger partial charge in [-0.2, -0.15) is 25.3 Å². The van der Waals surface area contributed by atoms with E-state index in [1.807, 2.05) is 46.9 Å². The summed E-state index contributed by atoms with van der Waals surface area (Å²) in [4.78, 5) is 42.5. The molecule has 69 heavy (non-hydrogen) atoms. The van der Waals surface area contributed by atoms with Crippen LogP contribution in [0.25, 0.3) is 33.5 Å². The van der Waals surface area contributed by atoms with Gasteiger partial charge in [-0.05, 0) is 78.4 Å². The summed E-state index contributed by atoms with van der Waals surface area (Å²) in [7, 11) is 1.73. The highest BCUT2D eigenvalue weighted by Crippen LogP contribution is 2.41. The molecule has 3 unspecified atom stereocenters. The first-order valence-corrected chi connectivity index (χ1v) is 24.9. The van der Waals surface area contributed by atoms with Gasteiger partial charge in [0.25, 0.3) is 5.89 Å². The number of fused-ring (bicyclic) bond motifs is 2. The minimum Gasteiger partial charge on any atom is -0.404 e. The number of hydrogen-bond donors (Lipinski definition) is 1. The first-order chi connectivity index (χ1) is 33.7. The van der Waals surface area contributed by atoms with E-state index in [0.717, 1.165) is 76.8 Å². The van der Waals surface area contributed by atoms with Crippen LogP contribution in [-0.4, -0.2) is 108 Å².